The maximum atomic E-state index is 12.7. The van der Waals surface area contributed by atoms with E-state index >= 15 is 0 Å². The van der Waals surface area contributed by atoms with Crippen molar-refractivity contribution in [3.05, 3.63) is 52.2 Å². The first-order chi connectivity index (χ1) is 11.2. The average Bonchev–Trinajstić information content (AvgIpc) is 3.13. The zero-order chi connectivity index (χ0) is 16.1. The third kappa shape index (κ3) is 4.12. The highest BCUT2D eigenvalue weighted by Gasteiger charge is 2.23. The zero-order valence-electron chi connectivity index (χ0n) is 13.3. The normalized spacial score (nSPS) is 15.3. The van der Waals surface area contributed by atoms with Crippen LogP contribution < -0.4 is 10.1 Å². The summed E-state index contributed by atoms with van der Waals surface area (Å²) in [7, 11) is 1.90. The van der Waals surface area contributed by atoms with Gasteiger partial charge in [-0.25, -0.2) is 0 Å². The molecule has 5 heteroatoms. The smallest absolute Gasteiger partial charge is 0.253 e. The van der Waals surface area contributed by atoms with Crippen molar-refractivity contribution < 1.29 is 9.53 Å². The summed E-state index contributed by atoms with van der Waals surface area (Å²) >= 11 is 1.67. The van der Waals surface area contributed by atoms with E-state index in [1.54, 1.807) is 11.3 Å². The van der Waals surface area contributed by atoms with E-state index in [0.29, 0.717) is 18.2 Å². The lowest BCUT2D eigenvalue weighted by Gasteiger charge is -2.31. The molecule has 1 fully saturated rings. The summed E-state index contributed by atoms with van der Waals surface area (Å²) in [5, 5.41) is 5.36. The number of benzene rings is 1. The minimum absolute atomic E-state index is 0.0680. The predicted molar refractivity (Wildman–Crippen MR) is 93.1 cm³/mol. The van der Waals surface area contributed by atoms with Gasteiger partial charge in [-0.1, -0.05) is 12.1 Å². The van der Waals surface area contributed by atoms with Gasteiger partial charge in [0.05, 0.1) is 0 Å². The number of hydrogen-bond donors (Lipinski definition) is 1. The van der Waals surface area contributed by atoms with Gasteiger partial charge in [-0.2, -0.15) is 0 Å². The van der Waals surface area contributed by atoms with Crippen molar-refractivity contribution in [3.63, 3.8) is 0 Å². The number of nitrogens with one attached hydrogen (secondary N) is 1. The highest BCUT2D eigenvalue weighted by atomic mass is 32.1. The SMILES string of the molecule is CN(C(=O)c1cccc(OCc2cccs2)c1)C1CCNCC1. The van der Waals surface area contributed by atoms with Crippen LogP contribution in [0.4, 0.5) is 0 Å². The number of carbonyl (C=O) groups excluding carboxylic acids is 1. The summed E-state index contributed by atoms with van der Waals surface area (Å²) in [5.74, 6) is 0.807. The Morgan fingerprint density at radius 3 is 2.87 bits per heavy atom. The zero-order valence-corrected chi connectivity index (χ0v) is 14.1. The second-order valence-corrected chi connectivity index (χ2v) is 6.83. The maximum absolute atomic E-state index is 12.7. The fourth-order valence-corrected chi connectivity index (χ4v) is 3.45. The van der Waals surface area contributed by atoms with Crippen LogP contribution in [-0.4, -0.2) is 37.0 Å². The van der Waals surface area contributed by atoms with Crippen molar-refractivity contribution in [2.45, 2.75) is 25.5 Å². The van der Waals surface area contributed by atoms with Crippen LogP contribution in [0, 0.1) is 0 Å². The molecule has 122 valence electrons. The molecular formula is C18H22N2O2S. The van der Waals surface area contributed by atoms with Crippen LogP contribution >= 0.6 is 11.3 Å². The second kappa shape index (κ2) is 7.62. The van der Waals surface area contributed by atoms with Gasteiger partial charge in [-0.05, 0) is 55.6 Å². The van der Waals surface area contributed by atoms with Crippen LogP contribution in [0.3, 0.4) is 0 Å². The van der Waals surface area contributed by atoms with E-state index in [-0.39, 0.29) is 5.91 Å². The summed E-state index contributed by atoms with van der Waals surface area (Å²) in [4.78, 5) is 15.7. The second-order valence-electron chi connectivity index (χ2n) is 5.79. The lowest BCUT2D eigenvalue weighted by molar-refractivity contribution is 0.0702. The molecule has 1 amide bonds. The fraction of sp³-hybridized carbons (Fsp3) is 0.389. The van der Waals surface area contributed by atoms with Crippen molar-refractivity contribution in [1.29, 1.82) is 0 Å². The number of nitrogens with zero attached hydrogens (tertiary/aromatic N) is 1. The Bertz CT molecular complexity index is 636. The molecule has 0 bridgehead atoms. The fourth-order valence-electron chi connectivity index (χ4n) is 2.83. The molecule has 0 radical (unpaired) electrons. The molecule has 0 aliphatic carbocycles. The molecule has 2 heterocycles. The number of rotatable bonds is 5. The molecule has 1 aliphatic heterocycles. The Hall–Kier alpha value is -1.85. The molecule has 0 atom stereocenters. The number of piperidine rings is 1. The molecular weight excluding hydrogens is 308 g/mol. The van der Waals surface area contributed by atoms with Crippen LogP contribution in [0.2, 0.25) is 0 Å². The minimum Gasteiger partial charge on any atom is -0.488 e. The molecule has 0 spiro atoms. The molecule has 3 rings (SSSR count). The lowest BCUT2D eigenvalue weighted by atomic mass is 10.0. The first-order valence-electron chi connectivity index (χ1n) is 7.97. The third-order valence-electron chi connectivity index (χ3n) is 4.22. The van der Waals surface area contributed by atoms with Gasteiger partial charge in [0, 0.05) is 23.5 Å². The van der Waals surface area contributed by atoms with Crippen molar-refractivity contribution >= 4 is 17.2 Å². The van der Waals surface area contributed by atoms with Gasteiger partial charge in [0.15, 0.2) is 0 Å². The van der Waals surface area contributed by atoms with Gasteiger partial charge in [-0.3, -0.25) is 4.79 Å². The van der Waals surface area contributed by atoms with Crippen LogP contribution in [-0.2, 0) is 6.61 Å². The highest BCUT2D eigenvalue weighted by Crippen LogP contribution is 2.20. The Morgan fingerprint density at radius 1 is 1.30 bits per heavy atom. The number of hydrogen-bond acceptors (Lipinski definition) is 4. The molecule has 1 saturated heterocycles. The predicted octanol–water partition coefficient (Wildman–Crippen LogP) is 3.15. The standard InChI is InChI=1S/C18H22N2O2S/c1-20(15-7-9-19-10-8-15)18(21)14-4-2-5-16(12-14)22-13-17-6-3-11-23-17/h2-6,11-12,15,19H,7-10,13H2,1H3. The van der Waals surface area contributed by atoms with Crippen LogP contribution in [0.25, 0.3) is 0 Å². The lowest BCUT2D eigenvalue weighted by Crippen LogP contribution is -2.43. The molecule has 23 heavy (non-hydrogen) atoms. The van der Waals surface area contributed by atoms with E-state index in [1.165, 1.54) is 4.88 Å². The van der Waals surface area contributed by atoms with Gasteiger partial charge >= 0.3 is 0 Å². The first kappa shape index (κ1) is 16.0. The van der Waals surface area contributed by atoms with Crippen molar-refractivity contribution in [2.75, 3.05) is 20.1 Å². The summed E-state index contributed by atoms with van der Waals surface area (Å²) in [6.45, 7) is 2.50. The molecule has 1 aromatic carbocycles. The molecule has 1 aromatic heterocycles. The summed E-state index contributed by atoms with van der Waals surface area (Å²) < 4.78 is 5.80. The van der Waals surface area contributed by atoms with E-state index in [4.69, 9.17) is 4.74 Å². The van der Waals surface area contributed by atoms with E-state index in [2.05, 4.69) is 5.32 Å². The van der Waals surface area contributed by atoms with Gasteiger partial charge in [-0.15, -0.1) is 11.3 Å². The van der Waals surface area contributed by atoms with Crippen LogP contribution in [0.15, 0.2) is 41.8 Å². The Morgan fingerprint density at radius 2 is 2.13 bits per heavy atom. The Balaban J connectivity index is 1.64. The van der Waals surface area contributed by atoms with Gasteiger partial charge < -0.3 is 15.0 Å². The highest BCUT2D eigenvalue weighted by molar-refractivity contribution is 7.09. The van der Waals surface area contributed by atoms with Crippen molar-refractivity contribution in [2.24, 2.45) is 0 Å². The number of amides is 1. The van der Waals surface area contributed by atoms with Crippen molar-refractivity contribution in [1.82, 2.24) is 10.2 Å². The number of carbonyl (C=O) groups is 1. The minimum atomic E-state index is 0.0680. The Kier molecular flexibility index (Phi) is 5.31. The molecule has 1 N–H and O–H groups in total. The van der Waals surface area contributed by atoms with Gasteiger partial charge in [0.1, 0.15) is 12.4 Å². The van der Waals surface area contributed by atoms with E-state index < -0.39 is 0 Å². The van der Waals surface area contributed by atoms with E-state index in [1.807, 2.05) is 53.7 Å². The largest absolute Gasteiger partial charge is 0.488 e. The third-order valence-corrected chi connectivity index (χ3v) is 5.07. The van der Waals surface area contributed by atoms with Gasteiger partial charge in [0.2, 0.25) is 0 Å². The quantitative estimate of drug-likeness (QED) is 0.916. The van der Waals surface area contributed by atoms with Crippen LogP contribution in [0.5, 0.6) is 5.75 Å². The maximum Gasteiger partial charge on any atom is 0.253 e. The molecule has 1 aliphatic rings. The van der Waals surface area contributed by atoms with E-state index in [9.17, 15) is 4.79 Å². The number of ether oxygens (including phenoxy) is 1. The first-order valence-corrected chi connectivity index (χ1v) is 8.85. The summed E-state index contributed by atoms with van der Waals surface area (Å²) in [5.41, 5.74) is 0.690. The summed E-state index contributed by atoms with van der Waals surface area (Å²) in [6, 6.07) is 11.9. The average molecular weight is 330 g/mol. The van der Waals surface area contributed by atoms with Gasteiger partial charge in [0.25, 0.3) is 5.91 Å². The summed E-state index contributed by atoms with van der Waals surface area (Å²) in [6.07, 6.45) is 2.02. The molecule has 0 unspecified atom stereocenters. The van der Waals surface area contributed by atoms with Crippen molar-refractivity contribution in [3.8, 4) is 5.75 Å². The molecule has 4 nitrogen and oxygen atoms in total. The Labute approximate surface area is 141 Å². The molecule has 0 saturated carbocycles. The molecule has 2 aromatic rings. The number of thiophene rings is 1. The van der Waals surface area contributed by atoms with E-state index in [0.717, 1.165) is 31.7 Å². The van der Waals surface area contributed by atoms with Crippen LogP contribution in [0.1, 0.15) is 28.1 Å². The topological polar surface area (TPSA) is 41.6 Å². The monoisotopic (exact) mass is 330 g/mol.